The van der Waals surface area contributed by atoms with Crippen LogP contribution in [0.3, 0.4) is 0 Å². The summed E-state index contributed by atoms with van der Waals surface area (Å²) in [4.78, 5) is 29.9. The van der Waals surface area contributed by atoms with Crippen molar-refractivity contribution in [1.82, 2.24) is 10.2 Å². The highest BCUT2D eigenvalue weighted by Gasteiger charge is 2.35. The third-order valence-corrected chi connectivity index (χ3v) is 10.2. The van der Waals surface area contributed by atoms with Crippen molar-refractivity contribution in [3.8, 4) is 0 Å². The number of carbonyl (C=O) groups is 2. The molecule has 0 saturated carbocycles. The summed E-state index contributed by atoms with van der Waals surface area (Å²) in [5, 5.41) is 3.72. The Morgan fingerprint density at radius 3 is 2.22 bits per heavy atom. The number of rotatable bonds is 13. The lowest BCUT2D eigenvalue weighted by molar-refractivity contribution is -0.140. The maximum Gasteiger partial charge on any atom is 0.264 e. The molecule has 7 nitrogen and oxygen atoms in total. The number of aryl methyl sites for hydroxylation is 1. The Morgan fingerprint density at radius 1 is 0.891 bits per heavy atom. The number of benzene rings is 4. The van der Waals surface area contributed by atoms with E-state index in [1.807, 2.05) is 51.1 Å². The van der Waals surface area contributed by atoms with Gasteiger partial charge < -0.3 is 10.2 Å². The maximum atomic E-state index is 14.6. The Morgan fingerprint density at radius 2 is 1.59 bits per heavy atom. The van der Waals surface area contributed by atoms with Gasteiger partial charge >= 0.3 is 0 Å². The Balaban J connectivity index is 1.82. The second kappa shape index (κ2) is 16.0. The van der Waals surface area contributed by atoms with Gasteiger partial charge in [0.1, 0.15) is 12.6 Å². The van der Waals surface area contributed by atoms with E-state index in [9.17, 15) is 18.0 Å². The normalized spacial score (nSPS) is 12.1. The number of amides is 2. The van der Waals surface area contributed by atoms with Gasteiger partial charge in [-0.15, -0.1) is 0 Å². The first-order chi connectivity index (χ1) is 21.8. The van der Waals surface area contributed by atoms with Crippen LogP contribution in [0.4, 0.5) is 5.69 Å². The van der Waals surface area contributed by atoms with Gasteiger partial charge in [0.15, 0.2) is 0 Å². The Labute approximate surface area is 289 Å². The van der Waals surface area contributed by atoms with Crippen molar-refractivity contribution in [2.24, 2.45) is 5.92 Å². The van der Waals surface area contributed by atoms with Crippen LogP contribution in [-0.4, -0.2) is 44.3 Å². The number of nitrogens with one attached hydrogen (secondary N) is 1. The van der Waals surface area contributed by atoms with Gasteiger partial charge in [-0.3, -0.25) is 13.9 Å². The second-order valence-corrected chi connectivity index (χ2v) is 15.0. The van der Waals surface area contributed by atoms with Crippen molar-refractivity contribution >= 4 is 66.7 Å². The van der Waals surface area contributed by atoms with E-state index in [1.165, 1.54) is 17.0 Å². The van der Waals surface area contributed by atoms with Gasteiger partial charge in [0.25, 0.3) is 10.0 Å². The second-order valence-electron chi connectivity index (χ2n) is 11.4. The zero-order valence-corrected chi connectivity index (χ0v) is 29.7. The molecule has 0 heterocycles. The number of nitrogens with zero attached hydrogens (tertiary/aromatic N) is 2. The lowest BCUT2D eigenvalue weighted by atomic mass is 10.0. The minimum Gasteiger partial charge on any atom is -0.354 e. The molecule has 46 heavy (non-hydrogen) atoms. The zero-order valence-electron chi connectivity index (χ0n) is 25.8. The van der Waals surface area contributed by atoms with Gasteiger partial charge in [-0.2, -0.15) is 0 Å². The van der Waals surface area contributed by atoms with Crippen LogP contribution in [0.2, 0.25) is 10.0 Å². The summed E-state index contributed by atoms with van der Waals surface area (Å²) in [7, 11) is -4.21. The maximum absolute atomic E-state index is 14.6. The van der Waals surface area contributed by atoms with Gasteiger partial charge in [0.05, 0.1) is 10.6 Å². The van der Waals surface area contributed by atoms with Crippen molar-refractivity contribution in [3.05, 3.63) is 128 Å². The monoisotopic (exact) mass is 743 g/mol. The van der Waals surface area contributed by atoms with Gasteiger partial charge in [-0.05, 0) is 66.4 Å². The standard InChI is InChI=1S/C35H36BrCl2N3O4S/c1-24(2)21-39-35(43)33(18-26-8-5-4-6-9-26)40(22-27-14-15-29(37)20-32(27)38)34(42)23-41(30-11-7-10-28(36)19-30)46(44,45)31-16-12-25(3)13-17-31/h4-17,19-20,24,33H,18,21-23H2,1-3H3,(H,39,43)/t33-/m1/s1. The van der Waals surface area contributed by atoms with E-state index in [2.05, 4.69) is 21.2 Å². The molecule has 0 aromatic heterocycles. The number of hydrogen-bond acceptors (Lipinski definition) is 4. The van der Waals surface area contributed by atoms with E-state index in [0.29, 0.717) is 26.6 Å². The van der Waals surface area contributed by atoms with Crippen molar-refractivity contribution < 1.29 is 18.0 Å². The van der Waals surface area contributed by atoms with E-state index in [-0.39, 0.29) is 35.4 Å². The number of halogens is 3. The first-order valence-electron chi connectivity index (χ1n) is 14.7. The minimum absolute atomic E-state index is 0.0358. The molecule has 2 amide bonds. The Kier molecular flexibility index (Phi) is 12.3. The highest BCUT2D eigenvalue weighted by molar-refractivity contribution is 9.10. The fourth-order valence-corrected chi connectivity index (χ4v) is 7.07. The Hall–Kier alpha value is -3.37. The van der Waals surface area contributed by atoms with E-state index < -0.39 is 28.5 Å². The molecule has 0 aliphatic rings. The van der Waals surface area contributed by atoms with Crippen LogP contribution in [0.1, 0.15) is 30.5 Å². The third-order valence-electron chi connectivity index (χ3n) is 7.30. The lowest BCUT2D eigenvalue weighted by Crippen LogP contribution is -2.53. The van der Waals surface area contributed by atoms with Gasteiger partial charge in [-0.25, -0.2) is 8.42 Å². The van der Waals surface area contributed by atoms with E-state index in [1.54, 1.807) is 54.6 Å². The van der Waals surface area contributed by atoms with Crippen LogP contribution in [0.15, 0.2) is 106 Å². The van der Waals surface area contributed by atoms with Crippen LogP contribution in [-0.2, 0) is 32.6 Å². The molecule has 0 fully saturated rings. The summed E-state index contributed by atoms with van der Waals surface area (Å²) in [5.74, 6) is -0.767. The van der Waals surface area contributed by atoms with Crippen LogP contribution in [0.25, 0.3) is 0 Å². The highest BCUT2D eigenvalue weighted by atomic mass is 79.9. The summed E-state index contributed by atoms with van der Waals surface area (Å²) in [6.07, 6.45) is 0.198. The lowest BCUT2D eigenvalue weighted by Gasteiger charge is -2.34. The van der Waals surface area contributed by atoms with Gasteiger partial charge in [0.2, 0.25) is 11.8 Å². The molecule has 4 rings (SSSR count). The molecule has 0 aliphatic carbocycles. The molecule has 0 spiro atoms. The third kappa shape index (κ3) is 9.35. The average Bonchev–Trinajstić information content (AvgIpc) is 3.01. The fraction of sp³-hybridized carbons (Fsp3) is 0.257. The topological polar surface area (TPSA) is 86.8 Å². The number of sulfonamides is 1. The summed E-state index contributed by atoms with van der Waals surface area (Å²) in [6.45, 7) is 5.60. The Bertz CT molecular complexity index is 1770. The van der Waals surface area contributed by atoms with Gasteiger partial charge in [-0.1, -0.05) is 113 Å². The van der Waals surface area contributed by atoms with Gasteiger partial charge in [0, 0.05) is 34.0 Å². The fourth-order valence-electron chi connectivity index (χ4n) is 4.81. The van der Waals surface area contributed by atoms with Crippen LogP contribution in [0, 0.1) is 12.8 Å². The van der Waals surface area contributed by atoms with Crippen LogP contribution >= 0.6 is 39.1 Å². The van der Waals surface area contributed by atoms with Crippen molar-refractivity contribution in [3.63, 3.8) is 0 Å². The molecular weight excluding hydrogens is 709 g/mol. The molecular formula is C35H36BrCl2N3O4S. The molecule has 0 saturated heterocycles. The summed E-state index contributed by atoms with van der Waals surface area (Å²) < 4.78 is 30.0. The van der Waals surface area contributed by atoms with Crippen LogP contribution < -0.4 is 9.62 Å². The number of hydrogen-bond donors (Lipinski definition) is 1. The highest BCUT2D eigenvalue weighted by Crippen LogP contribution is 2.29. The molecule has 1 atom stereocenters. The molecule has 0 bridgehead atoms. The minimum atomic E-state index is -4.21. The largest absolute Gasteiger partial charge is 0.354 e. The molecule has 242 valence electrons. The zero-order chi connectivity index (χ0) is 33.4. The molecule has 4 aromatic carbocycles. The van der Waals surface area contributed by atoms with Crippen molar-refractivity contribution in [2.75, 3.05) is 17.4 Å². The van der Waals surface area contributed by atoms with E-state index in [4.69, 9.17) is 23.2 Å². The van der Waals surface area contributed by atoms with E-state index >= 15 is 0 Å². The summed E-state index contributed by atoms with van der Waals surface area (Å²) >= 11 is 16.2. The predicted octanol–water partition coefficient (Wildman–Crippen LogP) is 7.67. The first-order valence-corrected chi connectivity index (χ1v) is 17.7. The SMILES string of the molecule is Cc1ccc(S(=O)(=O)N(CC(=O)N(Cc2ccc(Cl)cc2Cl)[C@H](Cc2ccccc2)C(=O)NCC(C)C)c2cccc(Br)c2)cc1. The predicted molar refractivity (Wildman–Crippen MR) is 189 cm³/mol. The summed E-state index contributed by atoms with van der Waals surface area (Å²) in [6, 6.07) is 26.5. The molecule has 0 radical (unpaired) electrons. The quantitative estimate of drug-likeness (QED) is 0.152. The molecule has 0 unspecified atom stereocenters. The molecule has 1 N–H and O–H groups in total. The molecule has 11 heteroatoms. The van der Waals surface area contributed by atoms with Crippen molar-refractivity contribution in [2.45, 2.75) is 44.7 Å². The number of carbonyl (C=O) groups excluding carboxylic acids is 2. The van der Waals surface area contributed by atoms with E-state index in [0.717, 1.165) is 15.4 Å². The number of anilines is 1. The van der Waals surface area contributed by atoms with Crippen molar-refractivity contribution in [1.29, 1.82) is 0 Å². The molecule has 4 aromatic rings. The molecule has 0 aliphatic heterocycles. The summed E-state index contributed by atoms with van der Waals surface area (Å²) in [5.41, 5.74) is 2.58. The van der Waals surface area contributed by atoms with Crippen LogP contribution in [0.5, 0.6) is 0 Å². The average molecular weight is 746 g/mol. The first kappa shape index (κ1) is 35.5. The smallest absolute Gasteiger partial charge is 0.264 e.